The van der Waals surface area contributed by atoms with Gasteiger partial charge >= 0.3 is 0 Å². The first-order chi connectivity index (χ1) is 27.2. The second-order valence-corrected chi connectivity index (χ2v) is 14.2. The van der Waals surface area contributed by atoms with Crippen LogP contribution in [0, 0.1) is 0 Å². The minimum atomic E-state index is -0.663. The molecule has 0 fully saturated rings. The van der Waals surface area contributed by atoms with Gasteiger partial charge in [0.05, 0.1) is 16.8 Å². The Bertz CT molecular complexity index is 2870. The monoisotopic (exact) mass is 703 g/mol. The van der Waals surface area contributed by atoms with Crippen LogP contribution in [0.5, 0.6) is 11.5 Å². The molecule has 8 aromatic carbocycles. The minimum absolute atomic E-state index is 0.658. The average molecular weight is 704 g/mol. The van der Waals surface area contributed by atoms with Gasteiger partial charge < -0.3 is 10.5 Å². The van der Waals surface area contributed by atoms with E-state index in [1.807, 2.05) is 48.5 Å². The zero-order valence-corrected chi connectivity index (χ0v) is 29.8. The van der Waals surface area contributed by atoms with Gasteiger partial charge in [-0.1, -0.05) is 170 Å². The van der Waals surface area contributed by atoms with E-state index in [-0.39, 0.29) is 0 Å². The van der Waals surface area contributed by atoms with Gasteiger partial charge in [0.2, 0.25) is 0 Å². The van der Waals surface area contributed by atoms with E-state index >= 15 is 0 Å². The Morgan fingerprint density at radius 3 is 1.58 bits per heavy atom. The van der Waals surface area contributed by atoms with Crippen LogP contribution in [0.3, 0.4) is 0 Å². The standard InChI is InChI=1S/C51H33N3O/c52-45-30-29-35(34-19-7-8-22-38(34)45)39-23-13-27-43-48(39)55-49-40(47-31-46(32-15-3-1-4-16-32)53-50(54-47)33-17-5-2-6-18-33)24-14-28-44(49)51(43)41-25-11-9-20-36(41)37-21-10-12-26-42(37)51/h1-31H,52H2. The second-order valence-electron chi connectivity index (χ2n) is 14.2. The number of fused-ring (bicyclic) bond motifs is 10. The molecule has 258 valence electrons. The lowest BCUT2D eigenvalue weighted by Gasteiger charge is -2.40. The molecule has 1 aliphatic carbocycles. The summed E-state index contributed by atoms with van der Waals surface area (Å²) in [6.07, 6.45) is 0. The van der Waals surface area contributed by atoms with Crippen LogP contribution >= 0.6 is 0 Å². The maximum atomic E-state index is 7.44. The van der Waals surface area contributed by atoms with Crippen LogP contribution in [0.4, 0.5) is 5.69 Å². The highest BCUT2D eigenvalue weighted by atomic mass is 16.5. The van der Waals surface area contributed by atoms with Crippen molar-refractivity contribution in [3.63, 3.8) is 0 Å². The van der Waals surface area contributed by atoms with Crippen molar-refractivity contribution < 1.29 is 4.74 Å². The third kappa shape index (κ3) is 4.58. The number of nitrogens with two attached hydrogens (primary N) is 1. The number of hydrogen-bond donors (Lipinski definition) is 1. The SMILES string of the molecule is Nc1ccc(-c2cccc3c2Oc2c(-c4cc(-c5ccccc5)nc(-c5ccccc5)n4)cccc2C32c3ccccc3-c3ccccc32)c2ccccc12. The Labute approximate surface area is 319 Å². The van der Waals surface area contributed by atoms with Gasteiger partial charge in [-0.3, -0.25) is 0 Å². The van der Waals surface area contributed by atoms with Crippen molar-refractivity contribution >= 4 is 16.5 Å². The van der Waals surface area contributed by atoms with Crippen molar-refractivity contribution in [3.05, 3.63) is 210 Å². The molecule has 4 nitrogen and oxygen atoms in total. The number of rotatable bonds is 4. The lowest BCUT2D eigenvalue weighted by molar-refractivity contribution is 0.439. The van der Waals surface area contributed by atoms with E-state index in [1.165, 1.54) is 22.3 Å². The number of benzene rings is 8. The molecule has 0 amide bonds. The van der Waals surface area contributed by atoms with Gasteiger partial charge in [-0.2, -0.15) is 0 Å². The Hall–Kier alpha value is -7.30. The first kappa shape index (κ1) is 31.2. The molecule has 9 aromatic rings. The molecule has 1 spiro atoms. The topological polar surface area (TPSA) is 61.0 Å². The molecular weight excluding hydrogens is 671 g/mol. The number of hydrogen-bond acceptors (Lipinski definition) is 4. The number of para-hydroxylation sites is 2. The van der Waals surface area contributed by atoms with Crippen LogP contribution < -0.4 is 10.5 Å². The smallest absolute Gasteiger partial charge is 0.160 e. The molecule has 0 unspecified atom stereocenters. The van der Waals surface area contributed by atoms with Crippen molar-refractivity contribution in [2.45, 2.75) is 5.41 Å². The predicted octanol–water partition coefficient (Wildman–Crippen LogP) is 12.3. The molecule has 1 aromatic heterocycles. The maximum Gasteiger partial charge on any atom is 0.160 e. The van der Waals surface area contributed by atoms with Gasteiger partial charge in [0.15, 0.2) is 5.82 Å². The molecule has 0 atom stereocenters. The molecular formula is C51H33N3O. The highest BCUT2D eigenvalue weighted by molar-refractivity contribution is 6.04. The van der Waals surface area contributed by atoms with Crippen LogP contribution in [0.15, 0.2) is 188 Å². The molecule has 0 bridgehead atoms. The lowest BCUT2D eigenvalue weighted by Crippen LogP contribution is -2.32. The Balaban J connectivity index is 1.24. The van der Waals surface area contributed by atoms with Gasteiger partial charge in [-0.15, -0.1) is 0 Å². The maximum absolute atomic E-state index is 7.44. The third-order valence-electron chi connectivity index (χ3n) is 11.3. The number of aromatic nitrogens is 2. The van der Waals surface area contributed by atoms with E-state index in [0.717, 1.165) is 78.3 Å². The highest BCUT2D eigenvalue weighted by Gasteiger charge is 2.52. The highest BCUT2D eigenvalue weighted by Crippen LogP contribution is 2.64. The molecule has 4 heteroatoms. The number of ether oxygens (including phenoxy) is 1. The van der Waals surface area contributed by atoms with E-state index in [4.69, 9.17) is 20.4 Å². The van der Waals surface area contributed by atoms with Gasteiger partial charge in [0, 0.05) is 44.5 Å². The Morgan fingerprint density at radius 2 is 0.891 bits per heavy atom. The third-order valence-corrected chi connectivity index (χ3v) is 11.3. The van der Waals surface area contributed by atoms with Crippen LogP contribution in [0.2, 0.25) is 0 Å². The zero-order valence-electron chi connectivity index (χ0n) is 29.8. The molecule has 1 aliphatic heterocycles. The van der Waals surface area contributed by atoms with Crippen LogP contribution in [-0.2, 0) is 5.41 Å². The van der Waals surface area contributed by atoms with Gasteiger partial charge in [-0.25, -0.2) is 9.97 Å². The summed E-state index contributed by atoms with van der Waals surface area (Å²) in [5, 5.41) is 2.10. The molecule has 0 saturated carbocycles. The lowest BCUT2D eigenvalue weighted by atomic mass is 9.65. The number of nitrogen functional groups attached to an aromatic ring is 1. The second kappa shape index (κ2) is 12.1. The van der Waals surface area contributed by atoms with E-state index in [0.29, 0.717) is 5.82 Å². The fourth-order valence-electron chi connectivity index (χ4n) is 8.98. The summed E-state index contributed by atoms with van der Waals surface area (Å²) < 4.78 is 7.44. The summed E-state index contributed by atoms with van der Waals surface area (Å²) in [6, 6.07) is 65.9. The average Bonchev–Trinajstić information content (AvgIpc) is 3.55. The molecule has 2 N–H and O–H groups in total. The van der Waals surface area contributed by atoms with Gasteiger partial charge in [0.25, 0.3) is 0 Å². The van der Waals surface area contributed by atoms with Crippen LogP contribution in [0.25, 0.3) is 66.9 Å². The first-order valence-corrected chi connectivity index (χ1v) is 18.6. The van der Waals surface area contributed by atoms with Crippen molar-refractivity contribution in [1.29, 1.82) is 0 Å². The molecule has 2 heterocycles. The fraction of sp³-hybridized carbons (Fsp3) is 0.0196. The van der Waals surface area contributed by atoms with Crippen molar-refractivity contribution in [2.75, 3.05) is 5.73 Å². The van der Waals surface area contributed by atoms with E-state index in [9.17, 15) is 0 Å². The summed E-state index contributed by atoms with van der Waals surface area (Å²) in [4.78, 5) is 10.4. The molecule has 55 heavy (non-hydrogen) atoms. The quantitative estimate of drug-likeness (QED) is 0.185. The van der Waals surface area contributed by atoms with Gasteiger partial charge in [-0.05, 0) is 51.4 Å². The normalized spacial score (nSPS) is 13.1. The summed E-state index contributed by atoms with van der Waals surface area (Å²) in [7, 11) is 0. The Morgan fingerprint density at radius 1 is 0.382 bits per heavy atom. The van der Waals surface area contributed by atoms with Crippen molar-refractivity contribution in [3.8, 4) is 67.7 Å². The predicted molar refractivity (Wildman–Crippen MR) is 223 cm³/mol. The summed E-state index contributed by atoms with van der Waals surface area (Å²) in [5.74, 6) is 2.26. The van der Waals surface area contributed by atoms with Crippen molar-refractivity contribution in [1.82, 2.24) is 9.97 Å². The van der Waals surface area contributed by atoms with E-state index < -0.39 is 5.41 Å². The van der Waals surface area contributed by atoms with Gasteiger partial charge in [0.1, 0.15) is 11.5 Å². The summed E-state index contributed by atoms with van der Waals surface area (Å²) >= 11 is 0. The molecule has 11 rings (SSSR count). The fourth-order valence-corrected chi connectivity index (χ4v) is 8.98. The van der Waals surface area contributed by atoms with Crippen LogP contribution in [-0.4, -0.2) is 9.97 Å². The molecule has 0 radical (unpaired) electrons. The number of nitrogens with zero attached hydrogens (tertiary/aromatic N) is 2. The largest absolute Gasteiger partial charge is 0.455 e. The molecule has 2 aliphatic rings. The van der Waals surface area contributed by atoms with E-state index in [2.05, 4.69) is 140 Å². The number of anilines is 1. The zero-order chi connectivity index (χ0) is 36.5. The first-order valence-electron chi connectivity index (χ1n) is 18.6. The summed E-state index contributed by atoms with van der Waals surface area (Å²) in [6.45, 7) is 0. The minimum Gasteiger partial charge on any atom is -0.455 e. The Kier molecular flexibility index (Phi) is 6.89. The van der Waals surface area contributed by atoms with Crippen LogP contribution in [0.1, 0.15) is 22.3 Å². The molecule has 0 saturated heterocycles. The van der Waals surface area contributed by atoms with E-state index in [1.54, 1.807) is 0 Å². The summed E-state index contributed by atoms with van der Waals surface area (Å²) in [5.41, 5.74) is 20.3. The van der Waals surface area contributed by atoms with Crippen molar-refractivity contribution in [2.24, 2.45) is 0 Å².